The van der Waals surface area contributed by atoms with Crippen LogP contribution in [0, 0.1) is 0 Å². The number of ether oxygens (including phenoxy) is 1. The van der Waals surface area contributed by atoms with Crippen LogP contribution in [0.2, 0.25) is 0 Å². The molecule has 0 bridgehead atoms. The summed E-state index contributed by atoms with van der Waals surface area (Å²) in [6.07, 6.45) is 2.48. The summed E-state index contributed by atoms with van der Waals surface area (Å²) < 4.78 is 7.24. The summed E-state index contributed by atoms with van der Waals surface area (Å²) in [7, 11) is 1.86. The van der Waals surface area contributed by atoms with E-state index in [1.165, 1.54) is 0 Å². The Balaban J connectivity index is 1.58. The standard InChI is InChI=1S/C13H16N4O2/c1-17-8-15-13(16-17)4-5-14-11-7-19-12-6-9(18)2-3-10(11)12/h2-3,6,8,11,14,18H,4-5,7H2,1H3. The molecule has 0 saturated carbocycles. The molecule has 0 aliphatic carbocycles. The molecule has 0 radical (unpaired) electrons. The largest absolute Gasteiger partial charge is 0.508 e. The number of fused-ring (bicyclic) bond motifs is 1. The molecular weight excluding hydrogens is 244 g/mol. The summed E-state index contributed by atoms with van der Waals surface area (Å²) in [5.41, 5.74) is 1.09. The summed E-state index contributed by atoms with van der Waals surface area (Å²) in [6.45, 7) is 1.38. The normalized spacial score (nSPS) is 17.2. The SMILES string of the molecule is Cn1cnc(CCNC2COc3cc(O)ccc32)n1. The van der Waals surface area contributed by atoms with Crippen LogP contribution in [0.5, 0.6) is 11.5 Å². The number of nitrogens with one attached hydrogen (secondary N) is 1. The summed E-state index contributed by atoms with van der Waals surface area (Å²) in [5.74, 6) is 1.82. The maximum Gasteiger partial charge on any atom is 0.151 e. The fourth-order valence-electron chi connectivity index (χ4n) is 2.22. The van der Waals surface area contributed by atoms with Crippen LogP contribution in [0.25, 0.3) is 0 Å². The number of nitrogens with zero attached hydrogens (tertiary/aromatic N) is 3. The van der Waals surface area contributed by atoms with E-state index >= 15 is 0 Å². The molecule has 2 N–H and O–H groups in total. The lowest BCUT2D eigenvalue weighted by Gasteiger charge is -2.10. The van der Waals surface area contributed by atoms with Crippen molar-refractivity contribution in [1.82, 2.24) is 20.1 Å². The van der Waals surface area contributed by atoms with Gasteiger partial charge < -0.3 is 15.2 Å². The van der Waals surface area contributed by atoms with Gasteiger partial charge in [0.25, 0.3) is 0 Å². The maximum absolute atomic E-state index is 9.39. The zero-order valence-electron chi connectivity index (χ0n) is 10.7. The Kier molecular flexibility index (Phi) is 3.08. The van der Waals surface area contributed by atoms with Crippen molar-refractivity contribution in [2.24, 2.45) is 7.05 Å². The van der Waals surface area contributed by atoms with Gasteiger partial charge in [-0.3, -0.25) is 4.68 Å². The third-order valence-corrected chi connectivity index (χ3v) is 3.16. The van der Waals surface area contributed by atoms with Gasteiger partial charge in [-0.2, -0.15) is 5.10 Å². The molecule has 6 heteroatoms. The van der Waals surface area contributed by atoms with Crippen molar-refractivity contribution in [1.29, 1.82) is 0 Å². The second-order valence-electron chi connectivity index (χ2n) is 4.62. The van der Waals surface area contributed by atoms with Crippen LogP contribution in [0.3, 0.4) is 0 Å². The highest BCUT2D eigenvalue weighted by Crippen LogP contribution is 2.34. The molecule has 0 spiro atoms. The lowest BCUT2D eigenvalue weighted by Crippen LogP contribution is -2.25. The van der Waals surface area contributed by atoms with Crippen molar-refractivity contribution in [3.05, 3.63) is 35.9 Å². The van der Waals surface area contributed by atoms with Crippen molar-refractivity contribution < 1.29 is 9.84 Å². The van der Waals surface area contributed by atoms with Crippen LogP contribution in [-0.4, -0.2) is 33.0 Å². The average molecular weight is 260 g/mol. The molecule has 3 rings (SSSR count). The molecule has 1 aromatic heterocycles. The zero-order chi connectivity index (χ0) is 13.2. The second kappa shape index (κ2) is 4.89. The van der Waals surface area contributed by atoms with Crippen LogP contribution >= 0.6 is 0 Å². The Bertz CT molecular complexity index is 582. The molecule has 100 valence electrons. The number of rotatable bonds is 4. The van der Waals surface area contributed by atoms with E-state index in [0.29, 0.717) is 6.61 Å². The molecule has 1 aliphatic heterocycles. The van der Waals surface area contributed by atoms with Gasteiger partial charge >= 0.3 is 0 Å². The number of aryl methyl sites for hydroxylation is 1. The number of hydrogen-bond acceptors (Lipinski definition) is 5. The Morgan fingerprint density at radius 1 is 1.53 bits per heavy atom. The van der Waals surface area contributed by atoms with E-state index in [9.17, 15) is 5.11 Å². The molecule has 0 amide bonds. The lowest BCUT2D eigenvalue weighted by molar-refractivity contribution is 0.311. The van der Waals surface area contributed by atoms with Crippen molar-refractivity contribution >= 4 is 0 Å². The molecular formula is C13H16N4O2. The predicted octanol–water partition coefficient (Wildman–Crippen LogP) is 0.786. The first-order chi connectivity index (χ1) is 9.22. The smallest absolute Gasteiger partial charge is 0.151 e. The first-order valence-corrected chi connectivity index (χ1v) is 6.26. The fourth-order valence-corrected chi connectivity index (χ4v) is 2.22. The molecule has 0 saturated heterocycles. The van der Waals surface area contributed by atoms with E-state index in [1.54, 1.807) is 23.1 Å². The number of hydrogen-bond donors (Lipinski definition) is 2. The van der Waals surface area contributed by atoms with Crippen LogP contribution in [-0.2, 0) is 13.5 Å². The van der Waals surface area contributed by atoms with Crippen molar-refractivity contribution in [3.8, 4) is 11.5 Å². The number of aromatic nitrogens is 3. The van der Waals surface area contributed by atoms with Crippen LogP contribution in [0.1, 0.15) is 17.4 Å². The maximum atomic E-state index is 9.39. The molecule has 1 aromatic carbocycles. The van der Waals surface area contributed by atoms with Gasteiger partial charge in [0.15, 0.2) is 5.82 Å². The van der Waals surface area contributed by atoms with E-state index in [2.05, 4.69) is 15.4 Å². The molecule has 1 atom stereocenters. The molecule has 6 nitrogen and oxygen atoms in total. The van der Waals surface area contributed by atoms with Crippen molar-refractivity contribution in [3.63, 3.8) is 0 Å². The third-order valence-electron chi connectivity index (χ3n) is 3.16. The highest BCUT2D eigenvalue weighted by molar-refractivity contribution is 5.44. The third kappa shape index (κ3) is 2.53. The van der Waals surface area contributed by atoms with E-state index in [-0.39, 0.29) is 11.8 Å². The lowest BCUT2D eigenvalue weighted by atomic mass is 10.1. The summed E-state index contributed by atoms with van der Waals surface area (Å²) in [4.78, 5) is 4.18. The minimum Gasteiger partial charge on any atom is -0.508 e. The van der Waals surface area contributed by atoms with Gasteiger partial charge in [0.05, 0.1) is 6.04 Å². The number of benzene rings is 1. The average Bonchev–Trinajstić information content (AvgIpc) is 2.96. The molecule has 1 aliphatic rings. The highest BCUT2D eigenvalue weighted by Gasteiger charge is 2.23. The van der Waals surface area contributed by atoms with Gasteiger partial charge in [-0.25, -0.2) is 4.98 Å². The van der Waals surface area contributed by atoms with Gasteiger partial charge in [0.1, 0.15) is 24.4 Å². The first kappa shape index (κ1) is 12.0. The first-order valence-electron chi connectivity index (χ1n) is 6.26. The van der Waals surface area contributed by atoms with E-state index < -0.39 is 0 Å². The topological polar surface area (TPSA) is 72.2 Å². The fraction of sp³-hybridized carbons (Fsp3) is 0.385. The van der Waals surface area contributed by atoms with Crippen molar-refractivity contribution in [2.45, 2.75) is 12.5 Å². The monoisotopic (exact) mass is 260 g/mol. The molecule has 0 fully saturated rings. The number of phenols is 1. The van der Waals surface area contributed by atoms with E-state index in [1.807, 2.05) is 13.1 Å². The Morgan fingerprint density at radius 3 is 3.21 bits per heavy atom. The van der Waals surface area contributed by atoms with Gasteiger partial charge in [-0.05, 0) is 12.1 Å². The minimum absolute atomic E-state index is 0.166. The van der Waals surface area contributed by atoms with Gasteiger partial charge in [-0.15, -0.1) is 0 Å². The van der Waals surface area contributed by atoms with Crippen LogP contribution < -0.4 is 10.1 Å². The van der Waals surface area contributed by atoms with Gasteiger partial charge in [0, 0.05) is 31.6 Å². The minimum atomic E-state index is 0.166. The Morgan fingerprint density at radius 2 is 2.42 bits per heavy atom. The zero-order valence-corrected chi connectivity index (χ0v) is 10.7. The Labute approximate surface area is 111 Å². The number of aromatic hydroxyl groups is 1. The quantitative estimate of drug-likeness (QED) is 0.850. The summed E-state index contributed by atoms with van der Waals surface area (Å²) in [5, 5.41) is 17.0. The summed E-state index contributed by atoms with van der Waals surface area (Å²) >= 11 is 0. The van der Waals surface area contributed by atoms with Crippen LogP contribution in [0.15, 0.2) is 24.5 Å². The van der Waals surface area contributed by atoms with Gasteiger partial charge in [-0.1, -0.05) is 0 Å². The second-order valence-corrected chi connectivity index (χ2v) is 4.62. The van der Waals surface area contributed by atoms with E-state index in [0.717, 1.165) is 30.1 Å². The molecule has 2 aromatic rings. The molecule has 19 heavy (non-hydrogen) atoms. The Hall–Kier alpha value is -2.08. The summed E-state index contributed by atoms with van der Waals surface area (Å²) in [6, 6.07) is 5.40. The van der Waals surface area contributed by atoms with E-state index in [4.69, 9.17) is 4.74 Å². The van der Waals surface area contributed by atoms with Gasteiger partial charge in [0.2, 0.25) is 0 Å². The number of phenolic OH excluding ortho intramolecular Hbond substituents is 1. The predicted molar refractivity (Wildman–Crippen MR) is 69.1 cm³/mol. The highest BCUT2D eigenvalue weighted by atomic mass is 16.5. The molecule has 2 heterocycles. The molecule has 1 unspecified atom stereocenters. The van der Waals surface area contributed by atoms with Crippen LogP contribution in [0.4, 0.5) is 0 Å². The van der Waals surface area contributed by atoms with Crippen molar-refractivity contribution in [2.75, 3.05) is 13.2 Å².